The number of nitriles is 1. The van der Waals surface area contributed by atoms with Gasteiger partial charge in [0.15, 0.2) is 17.6 Å². The van der Waals surface area contributed by atoms with Crippen LogP contribution >= 0.6 is 0 Å². The third kappa shape index (κ3) is 4.91. The van der Waals surface area contributed by atoms with Gasteiger partial charge in [-0.2, -0.15) is 5.26 Å². The molecule has 0 N–H and O–H groups in total. The van der Waals surface area contributed by atoms with Crippen LogP contribution in [0.25, 0.3) is 0 Å². The smallest absolute Gasteiger partial charge is 0.414 e. The van der Waals surface area contributed by atoms with Crippen LogP contribution in [0.1, 0.15) is 5.69 Å². The average Bonchev–Trinajstić information content (AvgIpc) is 3.28. The van der Waals surface area contributed by atoms with Crippen molar-refractivity contribution in [2.24, 2.45) is 0 Å². The number of hydrogen-bond acceptors (Lipinski definition) is 9. The van der Waals surface area contributed by atoms with Gasteiger partial charge in [-0.1, -0.05) is 6.07 Å². The lowest BCUT2D eigenvalue weighted by atomic mass is 10.2. The number of amides is 1. The second-order valence-corrected chi connectivity index (χ2v) is 8.09. The SMILES string of the molecule is N#Cc1ccc(N2CCN(c3ccc(N4C[C@H](COc5ccccn5)OC4=O)cc3F)CC2)nn1. The number of aromatic nitrogens is 3. The molecule has 10 nitrogen and oxygen atoms in total. The number of halogens is 1. The van der Waals surface area contributed by atoms with Crippen molar-refractivity contribution in [1.29, 1.82) is 5.26 Å². The van der Waals surface area contributed by atoms with Gasteiger partial charge in [-0.3, -0.25) is 4.90 Å². The van der Waals surface area contributed by atoms with Crippen LogP contribution in [0.5, 0.6) is 5.88 Å². The molecule has 1 amide bonds. The van der Waals surface area contributed by atoms with Gasteiger partial charge in [-0.15, -0.1) is 10.2 Å². The molecule has 1 aromatic carbocycles. The van der Waals surface area contributed by atoms with Crippen LogP contribution in [0.15, 0.2) is 54.7 Å². The first-order valence-corrected chi connectivity index (χ1v) is 11.2. The Kier molecular flexibility index (Phi) is 6.26. The zero-order chi connectivity index (χ0) is 24.2. The minimum atomic E-state index is -0.538. The number of cyclic esters (lactones) is 1. The van der Waals surface area contributed by atoms with Gasteiger partial charge in [0.05, 0.1) is 17.9 Å². The number of benzene rings is 1. The second-order valence-electron chi connectivity index (χ2n) is 8.09. The van der Waals surface area contributed by atoms with Crippen molar-refractivity contribution in [3.05, 3.63) is 66.2 Å². The van der Waals surface area contributed by atoms with Gasteiger partial charge in [-0.05, 0) is 36.4 Å². The van der Waals surface area contributed by atoms with Crippen LogP contribution in [-0.2, 0) is 4.74 Å². The van der Waals surface area contributed by atoms with Gasteiger partial charge in [0.2, 0.25) is 5.88 Å². The molecular formula is C24H22FN7O3. The van der Waals surface area contributed by atoms with Gasteiger partial charge in [0.25, 0.3) is 0 Å². The predicted molar refractivity (Wildman–Crippen MR) is 125 cm³/mol. The summed E-state index contributed by atoms with van der Waals surface area (Å²) in [5, 5.41) is 16.8. The molecule has 11 heteroatoms. The van der Waals surface area contributed by atoms with Crippen molar-refractivity contribution in [1.82, 2.24) is 15.2 Å². The Balaban J connectivity index is 1.19. The van der Waals surface area contributed by atoms with Crippen molar-refractivity contribution < 1.29 is 18.7 Å². The summed E-state index contributed by atoms with van der Waals surface area (Å²) >= 11 is 0. The summed E-state index contributed by atoms with van der Waals surface area (Å²) in [5.74, 6) is 0.729. The maximum Gasteiger partial charge on any atom is 0.414 e. The highest BCUT2D eigenvalue weighted by molar-refractivity contribution is 5.90. The first-order valence-electron chi connectivity index (χ1n) is 11.2. The Morgan fingerprint density at radius 3 is 2.60 bits per heavy atom. The second kappa shape index (κ2) is 9.80. The van der Waals surface area contributed by atoms with E-state index in [1.165, 1.54) is 11.0 Å². The molecule has 2 aromatic heterocycles. The summed E-state index contributed by atoms with van der Waals surface area (Å²) in [6.07, 6.45) is 0.600. The van der Waals surface area contributed by atoms with Crippen LogP contribution in [0.2, 0.25) is 0 Å². The summed E-state index contributed by atoms with van der Waals surface area (Å²) in [6, 6.07) is 15.4. The number of pyridine rings is 1. The molecule has 5 rings (SSSR count). The highest BCUT2D eigenvalue weighted by Gasteiger charge is 2.33. The van der Waals surface area contributed by atoms with Crippen LogP contribution in [0.4, 0.5) is 26.4 Å². The molecule has 0 radical (unpaired) electrons. The zero-order valence-electron chi connectivity index (χ0n) is 18.7. The first kappa shape index (κ1) is 22.3. The average molecular weight is 475 g/mol. The van der Waals surface area contributed by atoms with Crippen LogP contribution in [0.3, 0.4) is 0 Å². The molecular weight excluding hydrogens is 453 g/mol. The van der Waals surface area contributed by atoms with E-state index in [4.69, 9.17) is 14.7 Å². The zero-order valence-corrected chi connectivity index (χ0v) is 18.7. The fourth-order valence-corrected chi connectivity index (χ4v) is 4.08. The van der Waals surface area contributed by atoms with Gasteiger partial charge < -0.3 is 19.3 Å². The minimum absolute atomic E-state index is 0.160. The quantitative estimate of drug-likeness (QED) is 0.532. The van der Waals surface area contributed by atoms with Crippen LogP contribution in [-0.4, -0.2) is 66.7 Å². The number of piperazine rings is 1. The monoisotopic (exact) mass is 475 g/mol. The number of hydrogen-bond donors (Lipinski definition) is 0. The third-order valence-electron chi connectivity index (χ3n) is 5.88. The highest BCUT2D eigenvalue weighted by Crippen LogP contribution is 2.29. The van der Waals surface area contributed by atoms with Gasteiger partial charge >= 0.3 is 6.09 Å². The van der Waals surface area contributed by atoms with E-state index in [0.717, 1.165) is 0 Å². The first-order chi connectivity index (χ1) is 17.1. The lowest BCUT2D eigenvalue weighted by Gasteiger charge is -2.36. The topological polar surface area (TPSA) is 108 Å². The molecule has 2 aliphatic rings. The normalized spacial score (nSPS) is 17.8. The predicted octanol–water partition coefficient (Wildman–Crippen LogP) is 2.61. The maximum atomic E-state index is 15.1. The number of nitrogens with zero attached hydrogens (tertiary/aromatic N) is 7. The van der Waals surface area contributed by atoms with Crippen molar-refractivity contribution in [2.75, 3.05) is 54.0 Å². The molecule has 2 aliphatic heterocycles. The van der Waals surface area contributed by atoms with Crippen molar-refractivity contribution >= 4 is 23.3 Å². The summed E-state index contributed by atoms with van der Waals surface area (Å²) in [4.78, 5) is 21.9. The van der Waals surface area contributed by atoms with Crippen LogP contribution in [0, 0.1) is 17.1 Å². The van der Waals surface area contributed by atoms with E-state index in [2.05, 4.69) is 15.2 Å². The van der Waals surface area contributed by atoms with E-state index in [9.17, 15) is 4.79 Å². The molecule has 2 fully saturated rings. The Hall–Kier alpha value is -4.46. The molecule has 1 atom stereocenters. The molecule has 178 valence electrons. The fraction of sp³-hybridized carbons (Fsp3) is 0.292. The van der Waals surface area contributed by atoms with E-state index >= 15 is 4.39 Å². The van der Waals surface area contributed by atoms with Crippen molar-refractivity contribution in [3.63, 3.8) is 0 Å². The third-order valence-corrected chi connectivity index (χ3v) is 5.88. The lowest BCUT2D eigenvalue weighted by molar-refractivity contribution is 0.103. The van der Waals surface area contributed by atoms with Gasteiger partial charge in [-0.25, -0.2) is 14.2 Å². The fourth-order valence-electron chi connectivity index (χ4n) is 4.08. The van der Waals surface area contributed by atoms with Gasteiger partial charge in [0, 0.05) is 38.4 Å². The Bertz CT molecular complexity index is 1230. The molecule has 3 aromatic rings. The molecule has 35 heavy (non-hydrogen) atoms. The van der Waals surface area contributed by atoms with Crippen molar-refractivity contribution in [3.8, 4) is 11.9 Å². The Morgan fingerprint density at radius 2 is 1.91 bits per heavy atom. The maximum absolute atomic E-state index is 15.1. The molecule has 0 aliphatic carbocycles. The number of rotatable bonds is 6. The summed E-state index contributed by atoms with van der Waals surface area (Å²) < 4.78 is 26.0. The molecule has 4 heterocycles. The summed E-state index contributed by atoms with van der Waals surface area (Å²) in [5.41, 5.74) is 1.17. The number of anilines is 3. The van der Waals surface area contributed by atoms with E-state index in [1.807, 2.05) is 15.9 Å². The number of ether oxygens (including phenoxy) is 2. The van der Waals surface area contributed by atoms with Crippen LogP contribution < -0.4 is 19.4 Å². The van der Waals surface area contributed by atoms with Crippen molar-refractivity contribution in [2.45, 2.75) is 6.10 Å². The van der Waals surface area contributed by atoms with E-state index < -0.39 is 18.0 Å². The van der Waals surface area contributed by atoms with E-state index in [-0.39, 0.29) is 18.8 Å². The Labute approximate surface area is 201 Å². The highest BCUT2D eigenvalue weighted by atomic mass is 19.1. The molecule has 2 saturated heterocycles. The molecule has 0 spiro atoms. The van der Waals surface area contributed by atoms with Gasteiger partial charge in [0.1, 0.15) is 18.5 Å². The molecule has 0 saturated carbocycles. The Morgan fingerprint density at radius 1 is 1.09 bits per heavy atom. The summed E-state index contributed by atoms with van der Waals surface area (Å²) in [7, 11) is 0. The number of carbonyl (C=O) groups excluding carboxylic acids is 1. The minimum Gasteiger partial charge on any atom is -0.474 e. The standard InChI is InChI=1S/C24H22FN7O3/c25-20-13-18(32-15-19(35-24(32)33)16-34-23-3-1-2-8-27-23)5-6-21(20)30-9-11-31(12-10-30)22-7-4-17(14-26)28-29-22/h1-8,13,19H,9-12,15-16H2/t19-/m1/s1. The van der Waals surface area contributed by atoms with E-state index in [1.54, 1.807) is 48.7 Å². The number of carbonyl (C=O) groups is 1. The lowest BCUT2D eigenvalue weighted by Crippen LogP contribution is -2.47. The largest absolute Gasteiger partial charge is 0.474 e. The van der Waals surface area contributed by atoms with E-state index in [0.29, 0.717) is 49.3 Å². The molecule has 0 unspecified atom stereocenters. The summed E-state index contributed by atoms with van der Waals surface area (Å²) in [6.45, 7) is 2.88. The molecule has 0 bridgehead atoms.